The highest BCUT2D eigenvalue weighted by Crippen LogP contribution is 2.26. The van der Waals surface area contributed by atoms with Gasteiger partial charge in [-0.15, -0.1) is 0 Å². The third kappa shape index (κ3) is 9.70. The van der Waals surface area contributed by atoms with Crippen LogP contribution in [0.2, 0.25) is 0 Å². The summed E-state index contributed by atoms with van der Waals surface area (Å²) in [4.78, 5) is 29.4. The van der Waals surface area contributed by atoms with Crippen molar-refractivity contribution in [3.63, 3.8) is 0 Å². The normalized spacial score (nSPS) is 12.5. The Kier molecular flexibility index (Phi) is 11.4. The minimum absolute atomic E-state index is 0.0823. The number of hydrogen-bond donors (Lipinski definition) is 1. The van der Waals surface area contributed by atoms with Crippen LogP contribution in [0.5, 0.6) is 0 Å². The highest BCUT2D eigenvalue weighted by atomic mass is 79.9. The van der Waals surface area contributed by atoms with Gasteiger partial charge in [0.15, 0.2) is 0 Å². The Morgan fingerprint density at radius 2 is 1.57 bits per heavy atom. The lowest BCUT2D eigenvalue weighted by molar-refractivity contribution is -0.142. The van der Waals surface area contributed by atoms with Gasteiger partial charge in [0.2, 0.25) is 21.8 Å². The Hall–Kier alpha value is -3.17. The van der Waals surface area contributed by atoms with Gasteiger partial charge in [0, 0.05) is 35.9 Å². The molecule has 2 amide bonds. The highest BCUT2D eigenvalue weighted by molar-refractivity contribution is 9.10. The number of aryl methyl sites for hydroxylation is 1. The molecule has 3 aromatic carbocycles. The Morgan fingerprint density at radius 1 is 0.929 bits per heavy atom. The molecule has 0 saturated carbocycles. The maximum Gasteiger partial charge on any atom is 0.243 e. The molecular formula is C33H42BrN3O4S. The fraction of sp³-hybridized carbons (Fsp3) is 0.394. The molecule has 3 aromatic rings. The highest BCUT2D eigenvalue weighted by Gasteiger charge is 2.32. The second-order valence-corrected chi connectivity index (χ2v) is 14.6. The van der Waals surface area contributed by atoms with E-state index in [1.807, 2.05) is 101 Å². The first kappa shape index (κ1) is 33.3. The van der Waals surface area contributed by atoms with Crippen molar-refractivity contribution in [3.8, 4) is 0 Å². The Balaban J connectivity index is 1.92. The minimum atomic E-state index is -3.58. The second kappa shape index (κ2) is 14.3. The molecule has 1 N–H and O–H groups in total. The van der Waals surface area contributed by atoms with E-state index in [1.54, 1.807) is 11.0 Å². The van der Waals surface area contributed by atoms with Gasteiger partial charge in [-0.1, -0.05) is 70.5 Å². The van der Waals surface area contributed by atoms with Crippen LogP contribution in [0.25, 0.3) is 0 Å². The van der Waals surface area contributed by atoms with Crippen molar-refractivity contribution in [3.05, 3.63) is 99.5 Å². The van der Waals surface area contributed by atoms with Crippen LogP contribution in [0.1, 0.15) is 55.9 Å². The Bertz CT molecular complexity index is 1490. The molecule has 226 valence electrons. The zero-order valence-electron chi connectivity index (χ0n) is 25.4. The van der Waals surface area contributed by atoms with E-state index in [2.05, 4.69) is 21.2 Å². The van der Waals surface area contributed by atoms with Gasteiger partial charge in [-0.3, -0.25) is 13.9 Å². The van der Waals surface area contributed by atoms with Crippen LogP contribution in [0.15, 0.2) is 77.3 Å². The fourth-order valence-electron chi connectivity index (χ4n) is 4.83. The zero-order chi connectivity index (χ0) is 31.1. The Labute approximate surface area is 259 Å². The number of sulfonamides is 1. The summed E-state index contributed by atoms with van der Waals surface area (Å²) < 4.78 is 27.8. The third-order valence-electron chi connectivity index (χ3n) is 7.01. The van der Waals surface area contributed by atoms with Crippen molar-refractivity contribution < 1.29 is 18.0 Å². The predicted octanol–water partition coefficient (Wildman–Crippen LogP) is 6.17. The number of nitrogens with zero attached hydrogens (tertiary/aromatic N) is 2. The average Bonchev–Trinajstić information content (AvgIpc) is 2.89. The monoisotopic (exact) mass is 655 g/mol. The van der Waals surface area contributed by atoms with Crippen LogP contribution in [0, 0.1) is 13.8 Å². The molecule has 1 atom stereocenters. The van der Waals surface area contributed by atoms with E-state index in [-0.39, 0.29) is 31.3 Å². The zero-order valence-corrected chi connectivity index (χ0v) is 27.8. The molecule has 0 heterocycles. The van der Waals surface area contributed by atoms with Gasteiger partial charge in [0.1, 0.15) is 6.04 Å². The number of anilines is 1. The van der Waals surface area contributed by atoms with Gasteiger partial charge >= 0.3 is 0 Å². The second-order valence-electron chi connectivity index (χ2n) is 11.8. The van der Waals surface area contributed by atoms with E-state index in [1.165, 1.54) is 10.6 Å². The molecule has 0 fully saturated rings. The van der Waals surface area contributed by atoms with Crippen molar-refractivity contribution in [2.24, 2.45) is 0 Å². The lowest BCUT2D eigenvalue weighted by atomic mass is 10.00. The molecule has 7 nitrogen and oxygen atoms in total. The summed E-state index contributed by atoms with van der Waals surface area (Å²) in [5.41, 5.74) is 3.82. The number of halogens is 1. The maximum atomic E-state index is 14.0. The van der Waals surface area contributed by atoms with Crippen molar-refractivity contribution in [2.75, 3.05) is 17.1 Å². The first-order chi connectivity index (χ1) is 19.7. The number of amides is 2. The molecule has 3 rings (SSSR count). The summed E-state index contributed by atoms with van der Waals surface area (Å²) in [6, 6.07) is 22.1. The summed E-state index contributed by atoms with van der Waals surface area (Å²) in [5.74, 6) is -0.447. The molecule has 0 spiro atoms. The van der Waals surface area contributed by atoms with Gasteiger partial charge in [-0.25, -0.2) is 8.42 Å². The standard InChI is InChI=1S/C33H42BrN3O4S/c1-24-13-10-18-29(25(24)2)37(42(6,40)41)20-12-19-31(38)36(23-27-16-11-17-28(34)21-27)30(32(39)35-33(3,4)5)22-26-14-8-7-9-15-26/h7-11,13-18,21,30H,12,19-20,22-23H2,1-6H3,(H,35,39)/t30-/m1/s1. The van der Waals surface area contributed by atoms with Crippen LogP contribution >= 0.6 is 15.9 Å². The van der Waals surface area contributed by atoms with E-state index in [0.29, 0.717) is 18.5 Å². The summed E-state index contributed by atoms with van der Waals surface area (Å²) in [6.07, 6.45) is 1.91. The van der Waals surface area contributed by atoms with Crippen molar-refractivity contribution in [1.29, 1.82) is 0 Å². The van der Waals surface area contributed by atoms with E-state index in [4.69, 9.17) is 0 Å². The van der Waals surface area contributed by atoms with Gasteiger partial charge in [0.25, 0.3) is 0 Å². The lowest BCUT2D eigenvalue weighted by Gasteiger charge is -2.34. The Morgan fingerprint density at radius 3 is 2.19 bits per heavy atom. The number of carbonyl (C=O) groups is 2. The van der Waals surface area contributed by atoms with Crippen molar-refractivity contribution >= 4 is 43.5 Å². The molecule has 0 aliphatic carbocycles. The van der Waals surface area contributed by atoms with Crippen LogP contribution < -0.4 is 9.62 Å². The molecule has 0 aromatic heterocycles. The first-order valence-corrected chi connectivity index (χ1v) is 16.7. The van der Waals surface area contributed by atoms with Crippen LogP contribution in [0.4, 0.5) is 5.69 Å². The average molecular weight is 657 g/mol. The minimum Gasteiger partial charge on any atom is -0.350 e. The van der Waals surface area contributed by atoms with E-state index >= 15 is 0 Å². The number of carbonyl (C=O) groups excluding carboxylic acids is 2. The molecule has 0 unspecified atom stereocenters. The van der Waals surface area contributed by atoms with Crippen LogP contribution in [0.3, 0.4) is 0 Å². The van der Waals surface area contributed by atoms with E-state index in [0.717, 1.165) is 26.7 Å². The number of hydrogen-bond acceptors (Lipinski definition) is 4. The van der Waals surface area contributed by atoms with Gasteiger partial charge in [0.05, 0.1) is 11.9 Å². The quantitative estimate of drug-likeness (QED) is 0.253. The molecule has 0 saturated heterocycles. The molecule has 0 bridgehead atoms. The molecule has 42 heavy (non-hydrogen) atoms. The van der Waals surface area contributed by atoms with Gasteiger partial charge < -0.3 is 10.2 Å². The number of benzene rings is 3. The van der Waals surface area contributed by atoms with E-state index in [9.17, 15) is 18.0 Å². The molecule has 0 radical (unpaired) electrons. The molecule has 0 aliphatic heterocycles. The topological polar surface area (TPSA) is 86.8 Å². The van der Waals surface area contributed by atoms with E-state index < -0.39 is 21.6 Å². The summed E-state index contributed by atoms with van der Waals surface area (Å²) >= 11 is 3.51. The molecular weight excluding hydrogens is 614 g/mol. The van der Waals surface area contributed by atoms with Gasteiger partial charge in [-0.2, -0.15) is 0 Å². The molecule has 9 heteroatoms. The summed E-state index contributed by atoms with van der Waals surface area (Å²) in [7, 11) is -3.58. The van der Waals surface area contributed by atoms with Crippen molar-refractivity contribution in [2.45, 2.75) is 72.0 Å². The summed E-state index contributed by atoms with van der Waals surface area (Å²) in [5, 5.41) is 3.07. The predicted molar refractivity (Wildman–Crippen MR) is 174 cm³/mol. The SMILES string of the molecule is Cc1cccc(N(CCCC(=O)N(Cc2cccc(Br)c2)[C@H](Cc2ccccc2)C(=O)NC(C)(C)C)S(C)(=O)=O)c1C. The fourth-order valence-corrected chi connectivity index (χ4v) is 6.29. The summed E-state index contributed by atoms with van der Waals surface area (Å²) in [6.45, 7) is 9.97. The largest absolute Gasteiger partial charge is 0.350 e. The lowest BCUT2D eigenvalue weighted by Crippen LogP contribution is -2.54. The number of rotatable bonds is 12. The molecule has 0 aliphatic rings. The number of nitrogens with one attached hydrogen (secondary N) is 1. The third-order valence-corrected chi connectivity index (χ3v) is 8.68. The van der Waals surface area contributed by atoms with Crippen LogP contribution in [-0.2, 0) is 32.6 Å². The maximum absolute atomic E-state index is 14.0. The smallest absolute Gasteiger partial charge is 0.243 e. The first-order valence-electron chi connectivity index (χ1n) is 14.1. The van der Waals surface area contributed by atoms with Gasteiger partial charge in [-0.05, 0) is 81.5 Å². The van der Waals surface area contributed by atoms with Crippen LogP contribution in [-0.4, -0.2) is 49.5 Å². The van der Waals surface area contributed by atoms with Crippen molar-refractivity contribution in [1.82, 2.24) is 10.2 Å².